The molecular weight excluding hydrogens is 529 g/mol. The number of alkyl halides is 3. The molecular formula is C29H38ClF3N4O2. The minimum atomic E-state index is -5.08. The zero-order valence-corrected chi connectivity index (χ0v) is 23.1. The van der Waals surface area contributed by atoms with E-state index >= 15 is 0 Å². The lowest BCUT2D eigenvalue weighted by Gasteiger charge is -2.51. The Morgan fingerprint density at radius 1 is 1.03 bits per heavy atom. The first-order chi connectivity index (χ1) is 18.6. The number of aliphatic carboxylic acids is 1. The predicted molar refractivity (Wildman–Crippen MR) is 147 cm³/mol. The number of likely N-dealkylation sites (N-methyl/N-ethyl adjacent to an activating group) is 1. The quantitative estimate of drug-likeness (QED) is 0.497. The number of aromatic nitrogens is 1. The van der Waals surface area contributed by atoms with E-state index in [0.717, 1.165) is 36.3 Å². The van der Waals surface area contributed by atoms with Crippen molar-refractivity contribution in [3.63, 3.8) is 0 Å². The van der Waals surface area contributed by atoms with Crippen LogP contribution in [0.4, 0.5) is 19.0 Å². The van der Waals surface area contributed by atoms with Crippen LogP contribution in [0.3, 0.4) is 0 Å². The second-order valence-electron chi connectivity index (χ2n) is 10.9. The molecule has 1 aromatic heterocycles. The van der Waals surface area contributed by atoms with Crippen LogP contribution in [-0.2, 0) is 11.2 Å². The van der Waals surface area contributed by atoms with E-state index in [2.05, 4.69) is 51.0 Å². The van der Waals surface area contributed by atoms with Gasteiger partial charge in [0.2, 0.25) is 0 Å². The first kappa shape index (κ1) is 29.6. The van der Waals surface area contributed by atoms with Crippen molar-refractivity contribution in [2.24, 2.45) is 5.92 Å². The molecule has 2 aliphatic heterocycles. The van der Waals surface area contributed by atoms with Gasteiger partial charge in [-0.1, -0.05) is 42.6 Å². The Kier molecular flexibility index (Phi) is 10.1. The van der Waals surface area contributed by atoms with Crippen molar-refractivity contribution in [2.75, 3.05) is 38.1 Å². The maximum absolute atomic E-state index is 10.6. The fourth-order valence-corrected chi connectivity index (χ4v) is 6.54. The molecule has 0 unspecified atom stereocenters. The third-order valence-electron chi connectivity index (χ3n) is 8.41. The van der Waals surface area contributed by atoms with E-state index in [0.29, 0.717) is 18.1 Å². The van der Waals surface area contributed by atoms with Crippen molar-refractivity contribution in [1.29, 1.82) is 0 Å². The molecule has 3 heterocycles. The molecule has 1 saturated carbocycles. The zero-order chi connectivity index (χ0) is 28.0. The van der Waals surface area contributed by atoms with Crippen molar-refractivity contribution in [1.82, 2.24) is 14.8 Å². The number of anilines is 1. The van der Waals surface area contributed by atoms with Gasteiger partial charge in [0.15, 0.2) is 0 Å². The summed E-state index contributed by atoms with van der Waals surface area (Å²) < 4.78 is 31.7. The minimum absolute atomic E-state index is 0.574. The van der Waals surface area contributed by atoms with Crippen LogP contribution in [0.15, 0.2) is 48.7 Å². The van der Waals surface area contributed by atoms with Crippen LogP contribution in [0.1, 0.15) is 44.1 Å². The molecule has 214 valence electrons. The standard InChI is InChI=1S/C27H37ClN4.C2HF3O2/c1-30-19-25(18-21-9-11-23(28)12-10-21)32(20-26(30)22-6-2-3-7-22)24-13-16-31(17-14-24)27-8-4-5-15-29-27;3-2(4,5)1(6)7/h4-5,8-12,15,22,24-26H,2-3,6-7,13-14,16-20H2,1H3;(H,6,7)/t25-,26+;/m0./s1. The van der Waals surface area contributed by atoms with Gasteiger partial charge in [0.1, 0.15) is 5.82 Å². The van der Waals surface area contributed by atoms with Crippen LogP contribution in [0.25, 0.3) is 0 Å². The normalized spacial score (nSPS) is 23.9. The molecule has 6 nitrogen and oxygen atoms in total. The van der Waals surface area contributed by atoms with E-state index in [1.165, 1.54) is 57.2 Å². The van der Waals surface area contributed by atoms with Crippen LogP contribution in [0, 0.1) is 5.92 Å². The van der Waals surface area contributed by atoms with Gasteiger partial charge in [-0.3, -0.25) is 4.90 Å². The summed E-state index contributed by atoms with van der Waals surface area (Å²) in [6.45, 7) is 4.61. The molecule has 10 heteroatoms. The Morgan fingerprint density at radius 2 is 1.67 bits per heavy atom. The summed E-state index contributed by atoms with van der Waals surface area (Å²) in [5.41, 5.74) is 1.41. The number of hydrogen-bond acceptors (Lipinski definition) is 5. The van der Waals surface area contributed by atoms with Gasteiger partial charge in [0, 0.05) is 55.5 Å². The molecule has 1 aromatic carbocycles. The fourth-order valence-electron chi connectivity index (χ4n) is 6.42. The maximum Gasteiger partial charge on any atom is 0.490 e. The summed E-state index contributed by atoms with van der Waals surface area (Å²) in [4.78, 5) is 21.6. The first-order valence-corrected chi connectivity index (χ1v) is 14.2. The van der Waals surface area contributed by atoms with Gasteiger partial charge in [-0.2, -0.15) is 13.2 Å². The number of carboxylic acids is 1. The molecule has 0 amide bonds. The molecule has 2 atom stereocenters. The second-order valence-corrected chi connectivity index (χ2v) is 11.4. The van der Waals surface area contributed by atoms with Gasteiger partial charge in [-0.05, 0) is 74.9 Å². The summed E-state index contributed by atoms with van der Waals surface area (Å²) in [6, 6.07) is 16.7. The van der Waals surface area contributed by atoms with Crippen molar-refractivity contribution in [2.45, 2.75) is 69.2 Å². The predicted octanol–water partition coefficient (Wildman–Crippen LogP) is 5.75. The van der Waals surface area contributed by atoms with Crippen molar-refractivity contribution in [3.8, 4) is 0 Å². The topological polar surface area (TPSA) is 59.9 Å². The van der Waals surface area contributed by atoms with Gasteiger partial charge >= 0.3 is 12.1 Å². The van der Waals surface area contributed by atoms with Gasteiger partial charge in [0.25, 0.3) is 0 Å². The van der Waals surface area contributed by atoms with Crippen LogP contribution in [-0.4, -0.2) is 83.4 Å². The van der Waals surface area contributed by atoms with Crippen molar-refractivity contribution in [3.05, 3.63) is 59.2 Å². The lowest BCUT2D eigenvalue weighted by atomic mass is 9.88. The number of pyridine rings is 1. The molecule has 3 fully saturated rings. The van der Waals surface area contributed by atoms with Crippen LogP contribution in [0.5, 0.6) is 0 Å². The zero-order valence-electron chi connectivity index (χ0n) is 22.4. The fraction of sp³-hybridized carbons (Fsp3) is 0.586. The molecule has 2 aromatic rings. The average Bonchev–Trinajstić information content (AvgIpc) is 3.45. The Hall–Kier alpha value is -2.36. The number of nitrogens with zero attached hydrogens (tertiary/aromatic N) is 4. The number of rotatable bonds is 5. The third kappa shape index (κ3) is 8.08. The monoisotopic (exact) mass is 566 g/mol. The van der Waals surface area contributed by atoms with Gasteiger partial charge in [0.05, 0.1) is 0 Å². The Morgan fingerprint density at radius 3 is 2.23 bits per heavy atom. The van der Waals surface area contributed by atoms with Crippen molar-refractivity contribution < 1.29 is 23.1 Å². The van der Waals surface area contributed by atoms with Gasteiger partial charge < -0.3 is 14.9 Å². The third-order valence-corrected chi connectivity index (χ3v) is 8.66. The summed E-state index contributed by atoms with van der Waals surface area (Å²) in [5.74, 6) is -0.744. The lowest BCUT2D eigenvalue weighted by molar-refractivity contribution is -0.192. The smallest absolute Gasteiger partial charge is 0.475 e. The van der Waals surface area contributed by atoms with E-state index < -0.39 is 12.1 Å². The van der Waals surface area contributed by atoms with E-state index in [1.807, 2.05) is 24.4 Å². The highest BCUT2D eigenvalue weighted by Crippen LogP contribution is 2.35. The summed E-state index contributed by atoms with van der Waals surface area (Å²) >= 11 is 6.16. The van der Waals surface area contributed by atoms with E-state index in [1.54, 1.807) is 0 Å². The van der Waals surface area contributed by atoms with E-state index in [4.69, 9.17) is 21.5 Å². The highest BCUT2D eigenvalue weighted by atomic mass is 35.5. The summed E-state index contributed by atoms with van der Waals surface area (Å²) in [5, 5.41) is 7.95. The van der Waals surface area contributed by atoms with Crippen molar-refractivity contribution >= 4 is 23.4 Å². The molecule has 2 saturated heterocycles. The molecule has 1 N–H and O–H groups in total. The molecule has 0 bridgehead atoms. The number of piperidine rings is 1. The Bertz CT molecular complexity index is 1040. The largest absolute Gasteiger partial charge is 0.490 e. The highest BCUT2D eigenvalue weighted by molar-refractivity contribution is 6.30. The SMILES string of the molecule is CN1C[C@H](Cc2ccc(Cl)cc2)N(C2CCN(c3ccccn3)CC2)C[C@@H]1C1CCCC1.O=C(O)C(F)(F)F. The second kappa shape index (κ2) is 13.3. The minimum Gasteiger partial charge on any atom is -0.475 e. The average molecular weight is 567 g/mol. The number of hydrogen-bond donors (Lipinski definition) is 1. The number of benzene rings is 1. The van der Waals surface area contributed by atoms with Gasteiger partial charge in [-0.15, -0.1) is 0 Å². The van der Waals surface area contributed by atoms with Crippen LogP contribution in [0.2, 0.25) is 5.02 Å². The molecule has 0 radical (unpaired) electrons. The van der Waals surface area contributed by atoms with Crippen LogP contribution < -0.4 is 4.90 Å². The molecule has 3 aliphatic rings. The number of halogens is 4. The molecule has 5 rings (SSSR count). The maximum atomic E-state index is 10.6. The van der Waals surface area contributed by atoms with E-state index in [9.17, 15) is 13.2 Å². The highest BCUT2D eigenvalue weighted by Gasteiger charge is 2.40. The molecule has 0 spiro atoms. The Balaban J connectivity index is 0.000000448. The van der Waals surface area contributed by atoms with Crippen LogP contribution >= 0.6 is 11.6 Å². The molecule has 1 aliphatic carbocycles. The van der Waals surface area contributed by atoms with E-state index in [-0.39, 0.29) is 0 Å². The summed E-state index contributed by atoms with van der Waals surface area (Å²) in [6.07, 6.45) is 6.09. The Labute approximate surface area is 233 Å². The number of piperazine rings is 1. The lowest BCUT2D eigenvalue weighted by Crippen LogP contribution is -2.63. The van der Waals surface area contributed by atoms with Gasteiger partial charge in [-0.25, -0.2) is 9.78 Å². The first-order valence-electron chi connectivity index (χ1n) is 13.8. The number of carbonyl (C=O) groups is 1. The summed E-state index contributed by atoms with van der Waals surface area (Å²) in [7, 11) is 2.37. The number of carboxylic acid groups (broad SMARTS) is 1. The molecule has 39 heavy (non-hydrogen) atoms.